The van der Waals surface area contributed by atoms with Gasteiger partial charge in [0.15, 0.2) is 4.80 Å². The van der Waals surface area contributed by atoms with Gasteiger partial charge in [0.2, 0.25) is 5.91 Å². The predicted octanol–water partition coefficient (Wildman–Crippen LogP) is 1.21. The van der Waals surface area contributed by atoms with Gasteiger partial charge in [0.25, 0.3) is 5.91 Å². The standard InChI is InChI=1S/C13H19N3O2S/c1-9(14-12(18)10-5-3-4-6-10)11(17)15-13-16(2)7-8-19-13/h7-10H,3-6H2,1-2H3,(H,14,18). The first-order chi connectivity index (χ1) is 9.08. The average molecular weight is 281 g/mol. The van der Waals surface area contributed by atoms with Crippen molar-refractivity contribution in [1.29, 1.82) is 0 Å². The van der Waals surface area contributed by atoms with Gasteiger partial charge in [0.05, 0.1) is 0 Å². The van der Waals surface area contributed by atoms with E-state index >= 15 is 0 Å². The molecule has 1 atom stereocenters. The minimum Gasteiger partial charge on any atom is -0.344 e. The first-order valence-electron chi connectivity index (χ1n) is 6.57. The molecule has 0 bridgehead atoms. The van der Waals surface area contributed by atoms with Crippen molar-refractivity contribution in [3.05, 3.63) is 16.4 Å². The molecule has 0 spiro atoms. The Bertz CT molecular complexity index is 526. The van der Waals surface area contributed by atoms with Crippen LogP contribution in [0.25, 0.3) is 0 Å². The van der Waals surface area contributed by atoms with Gasteiger partial charge in [0.1, 0.15) is 6.04 Å². The molecule has 1 fully saturated rings. The van der Waals surface area contributed by atoms with Crippen LogP contribution in [0.1, 0.15) is 32.6 Å². The number of aromatic nitrogens is 1. The lowest BCUT2D eigenvalue weighted by molar-refractivity contribution is -0.129. The van der Waals surface area contributed by atoms with Crippen LogP contribution in [0.5, 0.6) is 0 Å². The fourth-order valence-corrected chi connectivity index (χ4v) is 2.94. The van der Waals surface area contributed by atoms with E-state index in [-0.39, 0.29) is 17.7 Å². The van der Waals surface area contributed by atoms with Crippen molar-refractivity contribution in [2.24, 2.45) is 18.0 Å². The number of amides is 2. The molecule has 0 aliphatic heterocycles. The fourth-order valence-electron chi connectivity index (χ4n) is 2.21. The van der Waals surface area contributed by atoms with Crippen LogP contribution in [0.15, 0.2) is 16.6 Å². The zero-order valence-electron chi connectivity index (χ0n) is 11.3. The fraction of sp³-hybridized carbons (Fsp3) is 0.615. The lowest BCUT2D eigenvalue weighted by Gasteiger charge is -2.13. The monoisotopic (exact) mass is 281 g/mol. The Labute approximate surface area is 116 Å². The summed E-state index contributed by atoms with van der Waals surface area (Å²) >= 11 is 1.40. The summed E-state index contributed by atoms with van der Waals surface area (Å²) < 4.78 is 1.79. The van der Waals surface area contributed by atoms with Crippen molar-refractivity contribution < 1.29 is 9.59 Å². The molecule has 5 nitrogen and oxygen atoms in total. The Morgan fingerprint density at radius 1 is 1.47 bits per heavy atom. The van der Waals surface area contributed by atoms with Crippen molar-refractivity contribution in [2.45, 2.75) is 38.6 Å². The third-order valence-corrected chi connectivity index (χ3v) is 4.27. The second kappa shape index (κ2) is 6.14. The summed E-state index contributed by atoms with van der Waals surface area (Å²) in [5.41, 5.74) is 0. The smallest absolute Gasteiger partial charge is 0.270 e. The van der Waals surface area contributed by atoms with E-state index in [0.29, 0.717) is 4.80 Å². The number of carbonyl (C=O) groups is 2. The van der Waals surface area contributed by atoms with Crippen LogP contribution >= 0.6 is 11.3 Å². The zero-order valence-corrected chi connectivity index (χ0v) is 12.1. The van der Waals surface area contributed by atoms with E-state index in [9.17, 15) is 9.59 Å². The van der Waals surface area contributed by atoms with Crippen molar-refractivity contribution in [1.82, 2.24) is 9.88 Å². The summed E-state index contributed by atoms with van der Waals surface area (Å²) in [6.07, 6.45) is 5.93. The van der Waals surface area contributed by atoms with Crippen molar-refractivity contribution >= 4 is 23.2 Å². The number of nitrogens with zero attached hydrogens (tertiary/aromatic N) is 2. The highest BCUT2D eigenvalue weighted by atomic mass is 32.1. The van der Waals surface area contributed by atoms with E-state index in [4.69, 9.17) is 0 Å². The van der Waals surface area contributed by atoms with E-state index in [0.717, 1.165) is 25.7 Å². The van der Waals surface area contributed by atoms with E-state index < -0.39 is 6.04 Å². The molecule has 2 rings (SSSR count). The highest BCUT2D eigenvalue weighted by Crippen LogP contribution is 2.24. The maximum atomic E-state index is 11.9. The normalized spacial score (nSPS) is 18.5. The van der Waals surface area contributed by atoms with Gasteiger partial charge in [-0.2, -0.15) is 4.99 Å². The van der Waals surface area contributed by atoms with Crippen LogP contribution < -0.4 is 10.1 Å². The Kier molecular flexibility index (Phi) is 4.52. The maximum absolute atomic E-state index is 11.9. The molecule has 1 heterocycles. The van der Waals surface area contributed by atoms with Gasteiger partial charge >= 0.3 is 0 Å². The third-order valence-electron chi connectivity index (χ3n) is 3.42. The molecule has 1 aliphatic rings. The van der Waals surface area contributed by atoms with Crippen LogP contribution in [0, 0.1) is 5.92 Å². The van der Waals surface area contributed by atoms with Crippen LogP contribution in [0.4, 0.5) is 0 Å². The molecular formula is C13H19N3O2S. The van der Waals surface area contributed by atoms with Gasteiger partial charge in [0, 0.05) is 24.5 Å². The molecule has 1 N–H and O–H groups in total. The van der Waals surface area contributed by atoms with Crippen LogP contribution in [0.2, 0.25) is 0 Å². The zero-order chi connectivity index (χ0) is 13.8. The molecule has 6 heteroatoms. The highest BCUT2D eigenvalue weighted by molar-refractivity contribution is 7.07. The van der Waals surface area contributed by atoms with Crippen molar-refractivity contribution in [2.75, 3.05) is 0 Å². The minimum absolute atomic E-state index is 0.0101. The number of hydrogen-bond acceptors (Lipinski definition) is 3. The first kappa shape index (κ1) is 14.0. The van der Waals surface area contributed by atoms with E-state index in [1.807, 2.05) is 18.6 Å². The topological polar surface area (TPSA) is 63.5 Å². The lowest BCUT2D eigenvalue weighted by Crippen LogP contribution is -2.41. The summed E-state index contributed by atoms with van der Waals surface area (Å²) in [5, 5.41) is 4.64. The van der Waals surface area contributed by atoms with Crippen LogP contribution in [0.3, 0.4) is 0 Å². The number of hydrogen-bond donors (Lipinski definition) is 1. The lowest BCUT2D eigenvalue weighted by atomic mass is 10.1. The Balaban J connectivity index is 1.96. The molecule has 1 aromatic heterocycles. The molecule has 1 aliphatic carbocycles. The number of carbonyl (C=O) groups excluding carboxylic acids is 2. The summed E-state index contributed by atoms with van der Waals surface area (Å²) in [5.74, 6) is -0.235. The Hall–Kier alpha value is -1.43. The molecule has 19 heavy (non-hydrogen) atoms. The maximum Gasteiger partial charge on any atom is 0.270 e. The Morgan fingerprint density at radius 2 is 2.16 bits per heavy atom. The summed E-state index contributed by atoms with van der Waals surface area (Å²) in [7, 11) is 1.84. The second-order valence-corrected chi connectivity index (χ2v) is 5.83. The third kappa shape index (κ3) is 3.53. The number of thiazole rings is 1. The van der Waals surface area contributed by atoms with Gasteiger partial charge < -0.3 is 9.88 Å². The van der Waals surface area contributed by atoms with Crippen molar-refractivity contribution in [3.63, 3.8) is 0 Å². The molecule has 1 unspecified atom stereocenters. The number of aryl methyl sites for hydroxylation is 1. The quantitative estimate of drug-likeness (QED) is 0.905. The predicted molar refractivity (Wildman–Crippen MR) is 73.4 cm³/mol. The molecular weight excluding hydrogens is 262 g/mol. The van der Waals surface area contributed by atoms with Crippen molar-refractivity contribution in [3.8, 4) is 0 Å². The SMILES string of the molecule is CC(NC(=O)C1CCCC1)C(=O)N=c1sccn1C. The molecule has 1 saturated carbocycles. The molecule has 1 aromatic rings. The first-order valence-corrected chi connectivity index (χ1v) is 7.45. The minimum atomic E-state index is -0.560. The average Bonchev–Trinajstić information content (AvgIpc) is 3.01. The summed E-state index contributed by atoms with van der Waals surface area (Å²) in [6, 6.07) is -0.560. The largest absolute Gasteiger partial charge is 0.344 e. The van der Waals surface area contributed by atoms with E-state index in [1.54, 1.807) is 11.5 Å². The van der Waals surface area contributed by atoms with E-state index in [2.05, 4.69) is 10.3 Å². The van der Waals surface area contributed by atoms with Gasteiger partial charge in [-0.25, -0.2) is 0 Å². The van der Waals surface area contributed by atoms with Gasteiger partial charge in [-0.3, -0.25) is 9.59 Å². The Morgan fingerprint density at radius 3 is 2.74 bits per heavy atom. The molecule has 0 aromatic carbocycles. The van der Waals surface area contributed by atoms with Gasteiger partial charge in [-0.05, 0) is 19.8 Å². The second-order valence-electron chi connectivity index (χ2n) is 4.96. The number of nitrogens with one attached hydrogen (secondary N) is 1. The summed E-state index contributed by atoms with van der Waals surface area (Å²) in [6.45, 7) is 1.69. The summed E-state index contributed by atoms with van der Waals surface area (Å²) in [4.78, 5) is 28.5. The van der Waals surface area contributed by atoms with Crippen LogP contribution in [-0.2, 0) is 16.6 Å². The molecule has 0 saturated heterocycles. The highest BCUT2D eigenvalue weighted by Gasteiger charge is 2.25. The van der Waals surface area contributed by atoms with Crippen LogP contribution in [-0.4, -0.2) is 22.4 Å². The molecule has 104 valence electrons. The van der Waals surface area contributed by atoms with Gasteiger partial charge in [-0.1, -0.05) is 12.8 Å². The van der Waals surface area contributed by atoms with E-state index in [1.165, 1.54) is 11.3 Å². The van der Waals surface area contributed by atoms with Gasteiger partial charge in [-0.15, -0.1) is 11.3 Å². The number of rotatable bonds is 3. The molecule has 2 amide bonds. The molecule has 0 radical (unpaired) electrons.